The Bertz CT molecular complexity index is 773. The van der Waals surface area contributed by atoms with E-state index in [0.29, 0.717) is 27.9 Å². The summed E-state index contributed by atoms with van der Waals surface area (Å²) < 4.78 is 13.0. The second-order valence-electron chi connectivity index (χ2n) is 4.38. The number of rotatable bonds is 3. The molecule has 0 spiro atoms. The van der Waals surface area contributed by atoms with Gasteiger partial charge in [0.15, 0.2) is 5.13 Å². The molecule has 0 saturated heterocycles. The van der Waals surface area contributed by atoms with E-state index in [-0.39, 0.29) is 11.6 Å². The molecule has 2 N–H and O–H groups in total. The molecule has 0 bridgehead atoms. The van der Waals surface area contributed by atoms with Crippen LogP contribution in [-0.2, 0) is 0 Å². The number of aryl methyl sites for hydroxylation is 1. The SMILES string of the molecule is Cc1cc(F)cnc1Nc1nc(-c2ccc(O)cn2)cs1. The van der Waals surface area contributed by atoms with E-state index >= 15 is 0 Å². The highest BCUT2D eigenvalue weighted by Gasteiger charge is 2.08. The zero-order chi connectivity index (χ0) is 14.8. The van der Waals surface area contributed by atoms with Crippen LogP contribution in [0.5, 0.6) is 5.75 Å². The third-order valence-corrected chi connectivity index (χ3v) is 3.54. The molecule has 106 valence electrons. The van der Waals surface area contributed by atoms with Gasteiger partial charge in [-0.3, -0.25) is 4.98 Å². The molecule has 3 aromatic heterocycles. The van der Waals surface area contributed by atoms with E-state index in [1.807, 2.05) is 5.38 Å². The van der Waals surface area contributed by atoms with Gasteiger partial charge in [-0.15, -0.1) is 11.3 Å². The summed E-state index contributed by atoms with van der Waals surface area (Å²) in [5.41, 5.74) is 2.07. The molecular formula is C14H11FN4OS. The van der Waals surface area contributed by atoms with Crippen molar-refractivity contribution >= 4 is 22.3 Å². The van der Waals surface area contributed by atoms with Crippen molar-refractivity contribution in [3.05, 3.63) is 47.4 Å². The number of anilines is 2. The monoisotopic (exact) mass is 302 g/mol. The van der Waals surface area contributed by atoms with E-state index in [1.54, 1.807) is 19.1 Å². The Balaban J connectivity index is 1.83. The Morgan fingerprint density at radius 2 is 2.05 bits per heavy atom. The molecule has 0 aliphatic heterocycles. The minimum Gasteiger partial charge on any atom is -0.506 e. The van der Waals surface area contributed by atoms with Gasteiger partial charge in [0.25, 0.3) is 0 Å². The topological polar surface area (TPSA) is 70.9 Å². The molecule has 3 rings (SSSR count). The summed E-state index contributed by atoms with van der Waals surface area (Å²) in [6.07, 6.45) is 2.53. The van der Waals surface area contributed by atoms with Crippen molar-refractivity contribution < 1.29 is 9.50 Å². The maximum Gasteiger partial charge on any atom is 0.188 e. The molecule has 0 unspecified atom stereocenters. The van der Waals surface area contributed by atoms with Crippen LogP contribution in [0.2, 0.25) is 0 Å². The normalized spacial score (nSPS) is 10.6. The first-order valence-corrected chi connectivity index (χ1v) is 7.00. The predicted octanol–water partition coefficient (Wildman–Crippen LogP) is 3.50. The summed E-state index contributed by atoms with van der Waals surface area (Å²) >= 11 is 1.40. The molecule has 3 aromatic rings. The maximum absolute atomic E-state index is 13.0. The summed E-state index contributed by atoms with van der Waals surface area (Å²) in [4.78, 5) is 12.5. The number of aromatic hydroxyl groups is 1. The molecular weight excluding hydrogens is 291 g/mol. The number of nitrogens with one attached hydrogen (secondary N) is 1. The summed E-state index contributed by atoms with van der Waals surface area (Å²) in [6.45, 7) is 1.77. The molecule has 7 heteroatoms. The molecule has 0 aliphatic carbocycles. The molecule has 5 nitrogen and oxygen atoms in total. The van der Waals surface area contributed by atoms with Crippen LogP contribution in [0, 0.1) is 12.7 Å². The molecule has 0 saturated carbocycles. The fourth-order valence-electron chi connectivity index (χ4n) is 1.76. The Hall–Kier alpha value is -2.54. The van der Waals surface area contributed by atoms with Crippen molar-refractivity contribution in [2.24, 2.45) is 0 Å². The zero-order valence-electron chi connectivity index (χ0n) is 11.0. The highest BCUT2D eigenvalue weighted by atomic mass is 32.1. The van der Waals surface area contributed by atoms with Crippen molar-refractivity contribution in [1.82, 2.24) is 15.0 Å². The zero-order valence-corrected chi connectivity index (χ0v) is 11.9. The Kier molecular flexibility index (Phi) is 3.49. The van der Waals surface area contributed by atoms with E-state index in [0.717, 1.165) is 6.20 Å². The van der Waals surface area contributed by atoms with Gasteiger partial charge in [-0.2, -0.15) is 0 Å². The molecule has 0 fully saturated rings. The van der Waals surface area contributed by atoms with E-state index < -0.39 is 0 Å². The minimum atomic E-state index is -0.369. The standard InChI is InChI=1S/C14H11FN4OS/c1-8-4-9(15)5-17-13(8)19-14-18-12(7-21-14)11-3-2-10(20)6-16-11/h2-7,20H,1H3,(H,17,18,19). The Morgan fingerprint density at radius 3 is 2.76 bits per heavy atom. The second-order valence-corrected chi connectivity index (χ2v) is 5.24. The highest BCUT2D eigenvalue weighted by molar-refractivity contribution is 7.14. The molecule has 0 amide bonds. The van der Waals surface area contributed by atoms with Gasteiger partial charge in [-0.1, -0.05) is 0 Å². The van der Waals surface area contributed by atoms with Crippen LogP contribution in [0.4, 0.5) is 15.3 Å². The van der Waals surface area contributed by atoms with Gasteiger partial charge in [-0.05, 0) is 30.7 Å². The van der Waals surface area contributed by atoms with E-state index in [1.165, 1.54) is 23.6 Å². The molecule has 0 aromatic carbocycles. The maximum atomic E-state index is 13.0. The summed E-state index contributed by atoms with van der Waals surface area (Å²) in [5.74, 6) is 0.306. The van der Waals surface area contributed by atoms with Gasteiger partial charge in [0, 0.05) is 5.38 Å². The first kappa shape index (κ1) is 13.4. The quantitative estimate of drug-likeness (QED) is 0.775. The molecule has 0 radical (unpaired) electrons. The van der Waals surface area contributed by atoms with Gasteiger partial charge in [0.05, 0.1) is 18.1 Å². The minimum absolute atomic E-state index is 0.110. The lowest BCUT2D eigenvalue weighted by Gasteiger charge is -2.04. The van der Waals surface area contributed by atoms with Crippen molar-refractivity contribution in [2.45, 2.75) is 6.92 Å². The van der Waals surface area contributed by atoms with Gasteiger partial charge in [0.1, 0.15) is 23.1 Å². The van der Waals surface area contributed by atoms with E-state index in [9.17, 15) is 9.50 Å². The number of thiazole rings is 1. The third kappa shape index (κ3) is 2.97. The van der Waals surface area contributed by atoms with Gasteiger partial charge >= 0.3 is 0 Å². The number of pyridine rings is 2. The lowest BCUT2D eigenvalue weighted by Crippen LogP contribution is -1.96. The number of hydrogen-bond acceptors (Lipinski definition) is 6. The number of aromatic nitrogens is 3. The lowest BCUT2D eigenvalue weighted by atomic mass is 10.3. The fourth-order valence-corrected chi connectivity index (χ4v) is 2.46. The molecule has 21 heavy (non-hydrogen) atoms. The first-order chi connectivity index (χ1) is 10.1. The number of halogens is 1. The summed E-state index contributed by atoms with van der Waals surface area (Å²) in [6, 6.07) is 4.65. The van der Waals surface area contributed by atoms with Crippen LogP contribution in [0.3, 0.4) is 0 Å². The largest absolute Gasteiger partial charge is 0.506 e. The van der Waals surface area contributed by atoms with Crippen LogP contribution in [0.1, 0.15) is 5.56 Å². The third-order valence-electron chi connectivity index (χ3n) is 2.78. The summed E-state index contributed by atoms with van der Waals surface area (Å²) in [7, 11) is 0. The van der Waals surface area contributed by atoms with Crippen LogP contribution >= 0.6 is 11.3 Å². The molecule has 0 atom stereocenters. The number of hydrogen-bond donors (Lipinski definition) is 2. The van der Waals surface area contributed by atoms with Crippen molar-refractivity contribution in [3.63, 3.8) is 0 Å². The molecule has 0 aliphatic rings. The number of nitrogens with zero attached hydrogens (tertiary/aromatic N) is 3. The van der Waals surface area contributed by atoms with Gasteiger partial charge in [0.2, 0.25) is 0 Å². The van der Waals surface area contributed by atoms with Gasteiger partial charge < -0.3 is 10.4 Å². The van der Waals surface area contributed by atoms with Gasteiger partial charge in [-0.25, -0.2) is 14.4 Å². The Labute approximate surface area is 124 Å². The van der Waals surface area contributed by atoms with Crippen LogP contribution < -0.4 is 5.32 Å². The van der Waals surface area contributed by atoms with E-state index in [2.05, 4.69) is 20.3 Å². The van der Waals surface area contributed by atoms with Crippen molar-refractivity contribution in [1.29, 1.82) is 0 Å². The van der Waals surface area contributed by atoms with Crippen LogP contribution in [-0.4, -0.2) is 20.1 Å². The van der Waals surface area contributed by atoms with Crippen molar-refractivity contribution in [3.8, 4) is 17.1 Å². The van der Waals surface area contributed by atoms with Crippen molar-refractivity contribution in [2.75, 3.05) is 5.32 Å². The lowest BCUT2D eigenvalue weighted by molar-refractivity contribution is 0.473. The smallest absolute Gasteiger partial charge is 0.188 e. The first-order valence-electron chi connectivity index (χ1n) is 6.12. The average molecular weight is 302 g/mol. The average Bonchev–Trinajstić information content (AvgIpc) is 2.91. The predicted molar refractivity (Wildman–Crippen MR) is 79.2 cm³/mol. The van der Waals surface area contributed by atoms with Crippen LogP contribution in [0.25, 0.3) is 11.4 Å². The highest BCUT2D eigenvalue weighted by Crippen LogP contribution is 2.27. The van der Waals surface area contributed by atoms with E-state index in [4.69, 9.17) is 0 Å². The fraction of sp³-hybridized carbons (Fsp3) is 0.0714. The summed E-state index contributed by atoms with van der Waals surface area (Å²) in [5, 5.41) is 14.8. The second kappa shape index (κ2) is 5.45. The Morgan fingerprint density at radius 1 is 1.19 bits per heavy atom. The van der Waals surface area contributed by atoms with Crippen LogP contribution in [0.15, 0.2) is 36.0 Å². The molecule has 3 heterocycles.